The van der Waals surface area contributed by atoms with Crippen LogP contribution < -0.4 is 10.1 Å². The number of nitrogens with one attached hydrogen (secondary N) is 1. The second-order valence-corrected chi connectivity index (χ2v) is 7.16. The fraction of sp³-hybridized carbons (Fsp3) is 0.111. The number of benzene rings is 2. The van der Waals surface area contributed by atoms with Gasteiger partial charge in [-0.15, -0.1) is 11.3 Å². The Morgan fingerprint density at radius 1 is 1.28 bits per heavy atom. The average molecular weight is 421 g/mol. The third kappa shape index (κ3) is 4.64. The third-order valence-electron chi connectivity index (χ3n) is 3.35. The molecule has 0 bridgehead atoms. The lowest BCUT2D eigenvalue weighted by Gasteiger charge is -2.05. The summed E-state index contributed by atoms with van der Waals surface area (Å²) in [6.07, 6.45) is 0. The number of amides is 1. The van der Waals surface area contributed by atoms with Crippen molar-refractivity contribution in [3.8, 4) is 5.75 Å². The van der Waals surface area contributed by atoms with E-state index in [0.29, 0.717) is 9.48 Å². The maximum atomic E-state index is 13.8. The molecule has 3 rings (SSSR count). The van der Waals surface area contributed by atoms with Gasteiger partial charge in [0.2, 0.25) is 0 Å². The van der Waals surface area contributed by atoms with Crippen LogP contribution in [0.25, 0.3) is 0 Å². The van der Waals surface area contributed by atoms with Gasteiger partial charge in [0, 0.05) is 9.85 Å². The minimum absolute atomic E-state index is 0.110. The lowest BCUT2D eigenvalue weighted by atomic mass is 10.2. The van der Waals surface area contributed by atoms with E-state index in [1.807, 2.05) is 31.2 Å². The number of aryl methyl sites for hydroxylation is 1. The number of rotatable bonds is 5. The summed E-state index contributed by atoms with van der Waals surface area (Å²) in [5.41, 5.74) is 1.49. The average Bonchev–Trinajstić information content (AvgIpc) is 3.06. The minimum Gasteiger partial charge on any atom is -0.486 e. The van der Waals surface area contributed by atoms with E-state index in [1.54, 1.807) is 11.4 Å². The molecule has 0 aliphatic heterocycles. The lowest BCUT2D eigenvalue weighted by molar-refractivity contribution is 0.102. The number of nitrogens with zero attached hydrogens (tertiary/aromatic N) is 1. The first-order valence-corrected chi connectivity index (χ1v) is 9.09. The molecule has 0 aliphatic rings. The maximum absolute atomic E-state index is 13.8. The number of hydrogen-bond acceptors (Lipinski definition) is 4. The Bertz CT molecular complexity index is 896. The first-order chi connectivity index (χ1) is 12.0. The molecule has 7 heteroatoms. The van der Waals surface area contributed by atoms with Gasteiger partial charge in [0.25, 0.3) is 5.91 Å². The molecule has 0 unspecified atom stereocenters. The van der Waals surface area contributed by atoms with Gasteiger partial charge in [0.05, 0.1) is 5.69 Å². The van der Waals surface area contributed by atoms with Gasteiger partial charge in [-0.05, 0) is 37.3 Å². The Morgan fingerprint density at radius 2 is 2.04 bits per heavy atom. The molecule has 1 aromatic heterocycles. The van der Waals surface area contributed by atoms with Crippen LogP contribution in [0, 0.1) is 12.7 Å². The van der Waals surface area contributed by atoms with Crippen molar-refractivity contribution in [2.75, 3.05) is 5.32 Å². The van der Waals surface area contributed by atoms with Crippen LogP contribution in [-0.4, -0.2) is 10.9 Å². The first-order valence-electron chi connectivity index (χ1n) is 7.41. The van der Waals surface area contributed by atoms with Gasteiger partial charge < -0.3 is 10.1 Å². The van der Waals surface area contributed by atoms with Crippen LogP contribution in [0.1, 0.15) is 21.1 Å². The van der Waals surface area contributed by atoms with Crippen LogP contribution in [0.4, 0.5) is 10.1 Å². The molecule has 0 saturated heterocycles. The zero-order valence-electron chi connectivity index (χ0n) is 13.3. The highest BCUT2D eigenvalue weighted by atomic mass is 79.9. The zero-order valence-corrected chi connectivity index (χ0v) is 15.7. The summed E-state index contributed by atoms with van der Waals surface area (Å²) in [6.45, 7) is 2.28. The Hall–Kier alpha value is -2.25. The van der Waals surface area contributed by atoms with Crippen molar-refractivity contribution in [2.45, 2.75) is 13.5 Å². The summed E-state index contributed by atoms with van der Waals surface area (Å²) < 4.78 is 20.0. The van der Waals surface area contributed by atoms with E-state index in [1.165, 1.54) is 23.5 Å². The van der Waals surface area contributed by atoms with Crippen LogP contribution in [0.15, 0.2) is 52.3 Å². The SMILES string of the molecule is Cc1ccc(OCc2nc(C(=O)Nc3ccc(Br)cc3F)cs2)cc1. The number of aromatic nitrogens is 1. The molecular weight excluding hydrogens is 407 g/mol. The van der Waals surface area contributed by atoms with Crippen molar-refractivity contribution in [1.82, 2.24) is 4.98 Å². The molecule has 0 radical (unpaired) electrons. The summed E-state index contributed by atoms with van der Waals surface area (Å²) in [6, 6.07) is 12.1. The first kappa shape index (κ1) is 17.6. The van der Waals surface area contributed by atoms with Gasteiger partial charge in [-0.3, -0.25) is 4.79 Å². The summed E-state index contributed by atoms with van der Waals surface area (Å²) >= 11 is 4.49. The standard InChI is InChI=1S/C18H14BrFN2O2S/c1-11-2-5-13(6-3-11)24-9-17-21-16(10-25-17)18(23)22-15-7-4-12(19)8-14(15)20/h2-8,10H,9H2,1H3,(H,22,23). The molecule has 0 saturated carbocycles. The van der Waals surface area contributed by atoms with Crippen molar-refractivity contribution < 1.29 is 13.9 Å². The number of hydrogen-bond donors (Lipinski definition) is 1. The number of carbonyl (C=O) groups excluding carboxylic acids is 1. The van der Waals surface area contributed by atoms with Gasteiger partial charge >= 0.3 is 0 Å². The molecule has 0 spiro atoms. The van der Waals surface area contributed by atoms with E-state index in [0.717, 1.165) is 11.3 Å². The Labute approximate surface area is 156 Å². The van der Waals surface area contributed by atoms with E-state index < -0.39 is 11.7 Å². The fourth-order valence-electron chi connectivity index (χ4n) is 2.04. The summed E-state index contributed by atoms with van der Waals surface area (Å²) in [5, 5.41) is 4.81. The van der Waals surface area contributed by atoms with Crippen molar-refractivity contribution in [3.63, 3.8) is 0 Å². The molecule has 2 aromatic carbocycles. The molecule has 3 aromatic rings. The van der Waals surface area contributed by atoms with Gasteiger partial charge in [0.15, 0.2) is 0 Å². The van der Waals surface area contributed by atoms with Crippen molar-refractivity contribution in [3.05, 3.63) is 74.4 Å². The van der Waals surface area contributed by atoms with E-state index in [-0.39, 0.29) is 18.0 Å². The van der Waals surface area contributed by atoms with E-state index in [9.17, 15) is 9.18 Å². The predicted molar refractivity (Wildman–Crippen MR) is 99.7 cm³/mol. The predicted octanol–water partition coefficient (Wildman–Crippen LogP) is 5.18. The van der Waals surface area contributed by atoms with Crippen molar-refractivity contribution in [2.24, 2.45) is 0 Å². The van der Waals surface area contributed by atoms with E-state index in [4.69, 9.17) is 4.74 Å². The Morgan fingerprint density at radius 3 is 2.76 bits per heavy atom. The van der Waals surface area contributed by atoms with Crippen LogP contribution in [-0.2, 0) is 6.61 Å². The van der Waals surface area contributed by atoms with E-state index >= 15 is 0 Å². The smallest absolute Gasteiger partial charge is 0.275 e. The number of anilines is 1. The molecule has 1 amide bonds. The highest BCUT2D eigenvalue weighted by Crippen LogP contribution is 2.21. The molecule has 25 heavy (non-hydrogen) atoms. The molecule has 0 aliphatic carbocycles. The third-order valence-corrected chi connectivity index (χ3v) is 4.66. The lowest BCUT2D eigenvalue weighted by Crippen LogP contribution is -2.13. The van der Waals surface area contributed by atoms with Crippen molar-refractivity contribution >= 4 is 38.9 Å². The van der Waals surface area contributed by atoms with Crippen LogP contribution in [0.5, 0.6) is 5.75 Å². The highest BCUT2D eigenvalue weighted by molar-refractivity contribution is 9.10. The van der Waals surface area contributed by atoms with Gasteiger partial charge in [-0.1, -0.05) is 33.6 Å². The minimum atomic E-state index is -0.513. The number of thiazole rings is 1. The zero-order chi connectivity index (χ0) is 17.8. The topological polar surface area (TPSA) is 51.2 Å². The maximum Gasteiger partial charge on any atom is 0.275 e. The summed E-state index contributed by atoms with van der Waals surface area (Å²) in [7, 11) is 0. The molecule has 4 nitrogen and oxygen atoms in total. The van der Waals surface area contributed by atoms with Crippen LogP contribution in [0.2, 0.25) is 0 Å². The molecular formula is C18H14BrFN2O2S. The Balaban J connectivity index is 1.62. The van der Waals surface area contributed by atoms with Crippen LogP contribution >= 0.6 is 27.3 Å². The summed E-state index contributed by atoms with van der Waals surface area (Å²) in [5.74, 6) is -0.233. The molecule has 128 valence electrons. The van der Waals surface area contributed by atoms with Gasteiger partial charge in [-0.25, -0.2) is 9.37 Å². The number of ether oxygens (including phenoxy) is 1. The normalized spacial score (nSPS) is 10.5. The Kier molecular flexibility index (Phi) is 5.45. The van der Waals surface area contributed by atoms with Crippen LogP contribution in [0.3, 0.4) is 0 Å². The van der Waals surface area contributed by atoms with E-state index in [2.05, 4.69) is 26.2 Å². The highest BCUT2D eigenvalue weighted by Gasteiger charge is 2.13. The van der Waals surface area contributed by atoms with Gasteiger partial charge in [0.1, 0.15) is 28.9 Å². The second kappa shape index (κ2) is 7.76. The number of halogens is 2. The van der Waals surface area contributed by atoms with Gasteiger partial charge in [-0.2, -0.15) is 0 Å². The fourth-order valence-corrected chi connectivity index (χ4v) is 3.06. The molecule has 0 atom stereocenters. The molecule has 1 N–H and O–H groups in total. The number of carbonyl (C=O) groups is 1. The molecule has 0 fully saturated rings. The molecule has 1 heterocycles. The quantitative estimate of drug-likeness (QED) is 0.618. The second-order valence-electron chi connectivity index (χ2n) is 5.31. The summed E-state index contributed by atoms with van der Waals surface area (Å²) in [4.78, 5) is 16.4. The monoisotopic (exact) mass is 420 g/mol. The largest absolute Gasteiger partial charge is 0.486 e. The van der Waals surface area contributed by atoms with Crippen molar-refractivity contribution in [1.29, 1.82) is 0 Å².